The summed E-state index contributed by atoms with van der Waals surface area (Å²) >= 11 is 5.87. The van der Waals surface area contributed by atoms with Gasteiger partial charge in [-0.2, -0.15) is 0 Å². The Hall–Kier alpha value is 0.250. The number of halogens is 1. The Bertz CT molecular complexity index is 108. The van der Waals surface area contributed by atoms with Crippen molar-refractivity contribution in [1.29, 1.82) is 0 Å². The minimum absolute atomic E-state index is 0.260. The van der Waals surface area contributed by atoms with Crippen LogP contribution in [0.15, 0.2) is 0 Å². The van der Waals surface area contributed by atoms with Crippen molar-refractivity contribution in [3.05, 3.63) is 0 Å². The average molecular weight is 193 g/mol. The van der Waals surface area contributed by atoms with Crippen LogP contribution in [0.5, 0.6) is 0 Å². The van der Waals surface area contributed by atoms with Gasteiger partial charge in [0.1, 0.15) is 0 Å². The van der Waals surface area contributed by atoms with Crippen molar-refractivity contribution in [2.24, 2.45) is 5.41 Å². The Labute approximate surface area is 81.4 Å². The lowest BCUT2D eigenvalue weighted by molar-refractivity contribution is 0.0573. The maximum absolute atomic E-state index is 5.87. The van der Waals surface area contributed by atoms with Crippen LogP contribution < -0.4 is 0 Å². The second-order valence-electron chi connectivity index (χ2n) is 3.97. The van der Waals surface area contributed by atoms with Crippen LogP contribution in [0.1, 0.15) is 40.5 Å². The van der Waals surface area contributed by atoms with E-state index in [0.29, 0.717) is 6.10 Å². The van der Waals surface area contributed by atoms with Crippen LogP contribution in [-0.4, -0.2) is 18.6 Å². The van der Waals surface area contributed by atoms with E-state index in [-0.39, 0.29) is 5.41 Å². The van der Waals surface area contributed by atoms with Gasteiger partial charge in [0.25, 0.3) is 0 Å². The van der Waals surface area contributed by atoms with Crippen LogP contribution in [0.2, 0.25) is 0 Å². The highest BCUT2D eigenvalue weighted by atomic mass is 35.5. The molecule has 0 aromatic carbocycles. The van der Waals surface area contributed by atoms with Gasteiger partial charge in [0, 0.05) is 12.5 Å². The summed E-state index contributed by atoms with van der Waals surface area (Å²) < 4.78 is 5.48. The monoisotopic (exact) mass is 192 g/mol. The molecular formula is C10H21ClO. The fourth-order valence-corrected chi connectivity index (χ4v) is 1.20. The van der Waals surface area contributed by atoms with Gasteiger partial charge in [0.05, 0.1) is 6.10 Å². The molecule has 2 heteroatoms. The van der Waals surface area contributed by atoms with Crippen LogP contribution in [0.3, 0.4) is 0 Å². The molecule has 0 heterocycles. The molecule has 0 aromatic heterocycles. The van der Waals surface area contributed by atoms with E-state index >= 15 is 0 Å². The third-order valence-corrected chi connectivity index (χ3v) is 2.98. The van der Waals surface area contributed by atoms with Gasteiger partial charge in [-0.15, -0.1) is 11.6 Å². The molecule has 0 amide bonds. The zero-order chi connectivity index (χ0) is 9.61. The van der Waals surface area contributed by atoms with Gasteiger partial charge in [-0.3, -0.25) is 0 Å². The van der Waals surface area contributed by atoms with Crippen molar-refractivity contribution in [2.45, 2.75) is 46.6 Å². The molecule has 0 radical (unpaired) electrons. The fraction of sp³-hybridized carbons (Fsp3) is 1.00. The highest BCUT2D eigenvalue weighted by Crippen LogP contribution is 2.27. The molecule has 1 atom stereocenters. The second kappa shape index (κ2) is 5.82. The van der Waals surface area contributed by atoms with Gasteiger partial charge in [-0.05, 0) is 32.1 Å². The maximum atomic E-state index is 5.87. The quantitative estimate of drug-likeness (QED) is 0.586. The first-order valence-corrected chi connectivity index (χ1v) is 5.25. The Balaban J connectivity index is 3.58. The standard InChI is InChI=1S/C10H21ClO/c1-5-10(4,8-11)6-7-12-9(2)3/h9H,5-8H2,1-4H3. The van der Waals surface area contributed by atoms with Crippen molar-refractivity contribution < 1.29 is 4.74 Å². The van der Waals surface area contributed by atoms with Crippen LogP contribution in [0.4, 0.5) is 0 Å². The van der Waals surface area contributed by atoms with Gasteiger partial charge < -0.3 is 4.74 Å². The van der Waals surface area contributed by atoms with Crippen molar-refractivity contribution in [1.82, 2.24) is 0 Å². The average Bonchev–Trinajstić information content (AvgIpc) is 2.03. The number of hydrogen-bond acceptors (Lipinski definition) is 1. The predicted molar refractivity (Wildman–Crippen MR) is 54.8 cm³/mol. The summed E-state index contributed by atoms with van der Waals surface area (Å²) in [6, 6.07) is 0. The number of alkyl halides is 1. The minimum Gasteiger partial charge on any atom is -0.379 e. The lowest BCUT2D eigenvalue weighted by Gasteiger charge is -2.25. The summed E-state index contributed by atoms with van der Waals surface area (Å²) in [5.41, 5.74) is 0.260. The van der Waals surface area contributed by atoms with Gasteiger partial charge >= 0.3 is 0 Å². The van der Waals surface area contributed by atoms with E-state index in [4.69, 9.17) is 16.3 Å². The summed E-state index contributed by atoms with van der Waals surface area (Å²) in [5.74, 6) is 0.727. The first kappa shape index (κ1) is 12.2. The Kier molecular flexibility index (Phi) is 5.94. The van der Waals surface area contributed by atoms with Crippen LogP contribution >= 0.6 is 11.6 Å². The molecule has 1 unspecified atom stereocenters. The highest BCUT2D eigenvalue weighted by molar-refractivity contribution is 6.18. The van der Waals surface area contributed by atoms with E-state index in [1.807, 2.05) is 0 Å². The number of rotatable bonds is 6. The van der Waals surface area contributed by atoms with Crippen LogP contribution in [-0.2, 0) is 4.74 Å². The summed E-state index contributed by atoms with van der Waals surface area (Å²) in [5, 5.41) is 0. The summed E-state index contributed by atoms with van der Waals surface area (Å²) in [7, 11) is 0. The molecule has 0 bridgehead atoms. The lowest BCUT2D eigenvalue weighted by atomic mass is 9.87. The van der Waals surface area contributed by atoms with Gasteiger partial charge in [-0.1, -0.05) is 13.8 Å². The van der Waals surface area contributed by atoms with E-state index in [9.17, 15) is 0 Å². The molecule has 0 fully saturated rings. The van der Waals surface area contributed by atoms with E-state index < -0.39 is 0 Å². The molecule has 74 valence electrons. The molecule has 0 saturated carbocycles. The summed E-state index contributed by atoms with van der Waals surface area (Å²) in [6.07, 6.45) is 2.52. The highest BCUT2D eigenvalue weighted by Gasteiger charge is 2.20. The maximum Gasteiger partial charge on any atom is 0.0518 e. The molecule has 0 aromatic rings. The number of hydrogen-bond donors (Lipinski definition) is 0. The summed E-state index contributed by atoms with van der Waals surface area (Å²) in [6.45, 7) is 9.34. The van der Waals surface area contributed by atoms with Gasteiger partial charge in [0.2, 0.25) is 0 Å². The molecular weight excluding hydrogens is 172 g/mol. The smallest absolute Gasteiger partial charge is 0.0518 e. The SMILES string of the molecule is CCC(C)(CCl)CCOC(C)C. The zero-order valence-corrected chi connectivity index (χ0v) is 9.45. The van der Waals surface area contributed by atoms with Gasteiger partial charge in [0.15, 0.2) is 0 Å². The van der Waals surface area contributed by atoms with E-state index in [1.54, 1.807) is 0 Å². The minimum atomic E-state index is 0.260. The molecule has 0 N–H and O–H groups in total. The fourth-order valence-electron chi connectivity index (χ4n) is 0.879. The Morgan fingerprint density at radius 1 is 1.42 bits per heavy atom. The molecule has 0 aliphatic heterocycles. The third-order valence-electron chi connectivity index (χ3n) is 2.33. The normalized spacial score (nSPS) is 16.5. The molecule has 0 aliphatic carbocycles. The molecule has 0 saturated heterocycles. The largest absolute Gasteiger partial charge is 0.379 e. The van der Waals surface area contributed by atoms with Gasteiger partial charge in [-0.25, -0.2) is 0 Å². The third kappa shape index (κ3) is 5.00. The predicted octanol–water partition coefficient (Wildman–Crippen LogP) is 3.46. The van der Waals surface area contributed by atoms with E-state index in [1.165, 1.54) is 0 Å². The summed E-state index contributed by atoms with van der Waals surface area (Å²) in [4.78, 5) is 0. The topological polar surface area (TPSA) is 9.23 Å². The first-order chi connectivity index (χ1) is 5.54. The van der Waals surface area contributed by atoms with Crippen LogP contribution in [0.25, 0.3) is 0 Å². The van der Waals surface area contributed by atoms with Crippen LogP contribution in [0, 0.1) is 5.41 Å². The van der Waals surface area contributed by atoms with E-state index in [0.717, 1.165) is 25.3 Å². The molecule has 0 spiro atoms. The Morgan fingerprint density at radius 2 is 2.00 bits per heavy atom. The van der Waals surface area contributed by atoms with Crippen molar-refractivity contribution in [3.63, 3.8) is 0 Å². The van der Waals surface area contributed by atoms with E-state index in [2.05, 4.69) is 27.7 Å². The van der Waals surface area contributed by atoms with Crippen molar-refractivity contribution >= 4 is 11.6 Å². The molecule has 12 heavy (non-hydrogen) atoms. The number of ether oxygens (including phenoxy) is 1. The second-order valence-corrected chi connectivity index (χ2v) is 4.23. The van der Waals surface area contributed by atoms with Crippen molar-refractivity contribution in [2.75, 3.05) is 12.5 Å². The molecule has 0 rings (SSSR count). The zero-order valence-electron chi connectivity index (χ0n) is 8.69. The first-order valence-electron chi connectivity index (χ1n) is 4.71. The molecule has 1 nitrogen and oxygen atoms in total. The Morgan fingerprint density at radius 3 is 2.33 bits per heavy atom. The molecule has 0 aliphatic rings. The van der Waals surface area contributed by atoms with Crippen molar-refractivity contribution in [3.8, 4) is 0 Å². The lowest BCUT2D eigenvalue weighted by Crippen LogP contribution is -2.20.